The fraction of sp³-hybridized carbons (Fsp3) is 0.364. The van der Waals surface area contributed by atoms with Crippen LogP contribution < -0.4 is 10.6 Å². The zero-order chi connectivity index (χ0) is 22.8. The first-order chi connectivity index (χ1) is 14.5. The average molecular weight is 525 g/mol. The number of hydrogen-bond donors (Lipinski definition) is 2. The number of nitrogens with one attached hydrogen (secondary N) is 2. The van der Waals surface area contributed by atoms with Crippen molar-refractivity contribution in [3.63, 3.8) is 0 Å². The molecule has 1 heterocycles. The van der Waals surface area contributed by atoms with Gasteiger partial charge in [-0.25, -0.2) is 8.42 Å². The summed E-state index contributed by atoms with van der Waals surface area (Å²) in [5, 5.41) is 5.71. The maximum absolute atomic E-state index is 12.6. The third kappa shape index (κ3) is 5.71. The highest BCUT2D eigenvalue weighted by molar-refractivity contribution is 9.10. The van der Waals surface area contributed by atoms with Gasteiger partial charge < -0.3 is 5.32 Å². The van der Waals surface area contributed by atoms with Crippen molar-refractivity contribution in [2.75, 3.05) is 18.4 Å². The van der Waals surface area contributed by atoms with Crippen molar-refractivity contribution in [2.45, 2.75) is 43.9 Å². The van der Waals surface area contributed by atoms with Gasteiger partial charge in [-0.15, -0.1) is 0 Å². The van der Waals surface area contributed by atoms with Crippen molar-refractivity contribution in [3.05, 3.63) is 58.1 Å². The highest BCUT2D eigenvalue weighted by Crippen LogP contribution is 2.30. The van der Waals surface area contributed by atoms with Gasteiger partial charge in [-0.1, -0.05) is 42.8 Å². The number of hydrogen-bond acceptors (Lipinski definition) is 4. The predicted octanol–water partition coefficient (Wildman–Crippen LogP) is 4.66. The molecule has 2 aromatic rings. The van der Waals surface area contributed by atoms with Gasteiger partial charge in [0.05, 0.1) is 4.90 Å². The average Bonchev–Trinajstić information content (AvgIpc) is 3.23. The number of anilines is 1. The first-order valence-electron chi connectivity index (χ1n) is 10.0. The topological polar surface area (TPSA) is 78.5 Å². The van der Waals surface area contributed by atoms with Crippen LogP contribution in [-0.4, -0.2) is 36.8 Å². The van der Waals surface area contributed by atoms with Crippen LogP contribution in [0.15, 0.2) is 51.8 Å². The van der Waals surface area contributed by atoms with Crippen molar-refractivity contribution in [1.82, 2.24) is 9.62 Å². The minimum Gasteiger partial charge on any atom is -0.332 e. The standard InChI is InChI=1S/C22H26BrN3O3S2/c1-22(2,3)18-11-6-15(14-19(18)23)20(27)25-21(30)24-16-7-9-17(10-8-16)31(28,29)26-12-4-5-13-26/h6-11,14H,4-5,12-13H2,1-3H3,(H2,24,25,27,30). The van der Waals surface area contributed by atoms with Crippen molar-refractivity contribution in [2.24, 2.45) is 0 Å². The number of halogens is 1. The van der Waals surface area contributed by atoms with E-state index >= 15 is 0 Å². The van der Waals surface area contributed by atoms with Gasteiger partial charge in [0.2, 0.25) is 10.0 Å². The summed E-state index contributed by atoms with van der Waals surface area (Å²) in [4.78, 5) is 12.8. The molecule has 1 fully saturated rings. The quantitative estimate of drug-likeness (QED) is 0.569. The SMILES string of the molecule is CC(C)(C)c1ccc(C(=O)NC(=S)Nc2ccc(S(=O)(=O)N3CCCC3)cc2)cc1Br. The minimum absolute atomic E-state index is 0.0425. The van der Waals surface area contributed by atoms with Gasteiger partial charge in [-0.2, -0.15) is 4.31 Å². The zero-order valence-corrected chi connectivity index (χ0v) is 21.0. The molecule has 9 heteroatoms. The van der Waals surface area contributed by atoms with E-state index in [1.807, 2.05) is 6.07 Å². The summed E-state index contributed by atoms with van der Waals surface area (Å²) in [6, 6.07) is 11.8. The molecule has 0 saturated carbocycles. The number of carbonyl (C=O) groups excluding carboxylic acids is 1. The number of sulfonamides is 1. The van der Waals surface area contributed by atoms with E-state index in [1.54, 1.807) is 36.4 Å². The second-order valence-corrected chi connectivity index (χ2v) is 11.7. The van der Waals surface area contributed by atoms with Gasteiger partial charge >= 0.3 is 0 Å². The Labute approximate surface area is 197 Å². The van der Waals surface area contributed by atoms with Gasteiger partial charge in [0.25, 0.3) is 5.91 Å². The van der Waals surface area contributed by atoms with Crippen LogP contribution in [0, 0.1) is 0 Å². The summed E-state index contributed by atoms with van der Waals surface area (Å²) in [5.41, 5.74) is 2.14. The van der Waals surface area contributed by atoms with E-state index in [0.29, 0.717) is 24.3 Å². The van der Waals surface area contributed by atoms with E-state index in [0.717, 1.165) is 22.9 Å². The lowest BCUT2D eigenvalue weighted by Gasteiger charge is -2.21. The van der Waals surface area contributed by atoms with E-state index in [2.05, 4.69) is 47.3 Å². The first-order valence-corrected chi connectivity index (χ1v) is 12.7. The van der Waals surface area contributed by atoms with Gasteiger partial charge in [0, 0.05) is 28.8 Å². The third-order valence-corrected chi connectivity index (χ3v) is 7.85. The molecule has 166 valence electrons. The van der Waals surface area contributed by atoms with E-state index < -0.39 is 10.0 Å². The molecular weight excluding hydrogens is 498 g/mol. The molecule has 0 aliphatic carbocycles. The van der Waals surface area contributed by atoms with Gasteiger partial charge in [0.1, 0.15) is 0 Å². The van der Waals surface area contributed by atoms with Gasteiger partial charge in [-0.3, -0.25) is 10.1 Å². The second kappa shape index (κ2) is 9.36. The second-order valence-electron chi connectivity index (χ2n) is 8.49. The Bertz CT molecular complexity index is 1090. The maximum atomic E-state index is 12.6. The zero-order valence-electron chi connectivity index (χ0n) is 17.7. The van der Waals surface area contributed by atoms with E-state index in [1.165, 1.54) is 4.31 Å². The van der Waals surface area contributed by atoms with Gasteiger partial charge in [0.15, 0.2) is 5.11 Å². The lowest BCUT2D eigenvalue weighted by atomic mass is 9.86. The summed E-state index contributed by atoms with van der Waals surface area (Å²) in [7, 11) is -3.46. The fourth-order valence-electron chi connectivity index (χ4n) is 3.39. The van der Waals surface area contributed by atoms with Crippen LogP contribution in [0.25, 0.3) is 0 Å². The number of rotatable bonds is 4. The molecule has 2 N–H and O–H groups in total. The summed E-state index contributed by atoms with van der Waals surface area (Å²) < 4.78 is 27.6. The Morgan fingerprint density at radius 3 is 2.23 bits per heavy atom. The maximum Gasteiger partial charge on any atom is 0.257 e. The Hall–Kier alpha value is -1.81. The molecule has 0 bridgehead atoms. The Morgan fingerprint density at radius 2 is 1.68 bits per heavy atom. The molecule has 1 aliphatic heterocycles. The fourth-order valence-corrected chi connectivity index (χ4v) is 6.09. The molecule has 3 rings (SSSR count). The van der Waals surface area contributed by atoms with Crippen LogP contribution in [0.5, 0.6) is 0 Å². The normalized spacial score (nSPS) is 15.0. The molecule has 1 saturated heterocycles. The Morgan fingerprint density at radius 1 is 1.06 bits per heavy atom. The van der Waals surface area contributed by atoms with Crippen LogP contribution in [-0.2, 0) is 15.4 Å². The van der Waals surface area contributed by atoms with E-state index in [4.69, 9.17) is 12.2 Å². The summed E-state index contributed by atoms with van der Waals surface area (Å²) in [6.07, 6.45) is 1.78. The van der Waals surface area contributed by atoms with Crippen LogP contribution >= 0.6 is 28.1 Å². The molecule has 0 spiro atoms. The molecule has 31 heavy (non-hydrogen) atoms. The first kappa shape index (κ1) is 23.8. The molecule has 1 aliphatic rings. The number of carbonyl (C=O) groups is 1. The molecule has 0 atom stereocenters. The third-order valence-electron chi connectivity index (χ3n) is 5.08. The van der Waals surface area contributed by atoms with Crippen molar-refractivity contribution < 1.29 is 13.2 Å². The molecule has 0 unspecified atom stereocenters. The molecule has 0 aromatic heterocycles. The van der Waals surface area contributed by atoms with Crippen molar-refractivity contribution >= 4 is 54.9 Å². The lowest BCUT2D eigenvalue weighted by molar-refractivity contribution is 0.0977. The van der Waals surface area contributed by atoms with Crippen molar-refractivity contribution in [1.29, 1.82) is 0 Å². The molecular formula is C22H26BrN3O3S2. The molecule has 6 nitrogen and oxygen atoms in total. The lowest BCUT2D eigenvalue weighted by Crippen LogP contribution is -2.34. The van der Waals surface area contributed by atoms with E-state index in [9.17, 15) is 13.2 Å². The van der Waals surface area contributed by atoms with Crippen LogP contribution in [0.4, 0.5) is 5.69 Å². The largest absolute Gasteiger partial charge is 0.332 e. The monoisotopic (exact) mass is 523 g/mol. The predicted molar refractivity (Wildman–Crippen MR) is 131 cm³/mol. The Kier molecular flexibility index (Phi) is 7.20. The van der Waals surface area contributed by atoms with Crippen LogP contribution in [0.1, 0.15) is 49.5 Å². The molecule has 0 radical (unpaired) electrons. The van der Waals surface area contributed by atoms with Crippen molar-refractivity contribution in [3.8, 4) is 0 Å². The molecule has 2 aromatic carbocycles. The highest BCUT2D eigenvalue weighted by atomic mass is 79.9. The summed E-state index contributed by atoms with van der Waals surface area (Å²) in [5.74, 6) is -0.327. The highest BCUT2D eigenvalue weighted by Gasteiger charge is 2.27. The molecule has 1 amide bonds. The minimum atomic E-state index is -3.46. The van der Waals surface area contributed by atoms with Crippen LogP contribution in [0.3, 0.4) is 0 Å². The Balaban J connectivity index is 1.63. The van der Waals surface area contributed by atoms with E-state index in [-0.39, 0.29) is 21.3 Å². The number of nitrogens with zero attached hydrogens (tertiary/aromatic N) is 1. The van der Waals surface area contributed by atoms with Gasteiger partial charge in [-0.05, 0) is 72.4 Å². The smallest absolute Gasteiger partial charge is 0.257 e. The number of thiocarbonyl (C=S) groups is 1. The van der Waals surface area contributed by atoms with Crippen LogP contribution in [0.2, 0.25) is 0 Å². The number of benzene rings is 2. The summed E-state index contributed by atoms with van der Waals surface area (Å²) >= 11 is 8.78. The summed E-state index contributed by atoms with van der Waals surface area (Å²) in [6.45, 7) is 7.44. The number of amides is 1.